The van der Waals surface area contributed by atoms with Crippen LogP contribution >= 0.6 is 0 Å². The summed E-state index contributed by atoms with van der Waals surface area (Å²) in [5, 5.41) is 2.58. The van der Waals surface area contributed by atoms with Crippen molar-refractivity contribution < 1.29 is 27.5 Å². The maximum absolute atomic E-state index is 12.9. The average molecular weight is 461 g/mol. The minimum absolute atomic E-state index is 0.242. The standard InChI is InChI=1S/C22H22F3N5O3/c1-33-18-11-20-27-16(14-5-7-29(8-6-14)9-10-31)12-30(20)13-17(18)28-21(32)15-3-2-4-19(26-15)22(23,24)25/h2-4,10-14H,5-9H2,1H3,(H,28,32). The number of carbonyl (C=O) groups is 2. The number of piperidine rings is 1. The molecule has 0 radical (unpaired) electrons. The Morgan fingerprint density at radius 2 is 2.00 bits per heavy atom. The highest BCUT2D eigenvalue weighted by molar-refractivity contribution is 6.03. The van der Waals surface area contributed by atoms with Gasteiger partial charge in [0.1, 0.15) is 34.8 Å². The molecule has 1 amide bonds. The molecule has 8 nitrogen and oxygen atoms in total. The van der Waals surface area contributed by atoms with E-state index in [1.54, 1.807) is 16.7 Å². The zero-order chi connectivity index (χ0) is 23.6. The summed E-state index contributed by atoms with van der Waals surface area (Å²) in [7, 11) is 1.43. The SMILES string of the molecule is COc1cc2nc(C3CCN(CC=O)CC3)cn2cc1NC(=O)c1cccc(C(F)(F)F)n1. The number of anilines is 1. The van der Waals surface area contributed by atoms with Gasteiger partial charge in [0.2, 0.25) is 0 Å². The highest BCUT2D eigenvalue weighted by atomic mass is 19.4. The van der Waals surface area contributed by atoms with Crippen LogP contribution in [0.1, 0.15) is 40.6 Å². The number of pyridine rings is 2. The molecular formula is C22H22F3N5O3. The number of imidazole rings is 1. The van der Waals surface area contributed by atoms with E-state index < -0.39 is 17.8 Å². The molecule has 0 unspecified atom stereocenters. The predicted octanol–water partition coefficient (Wildman–Crippen LogP) is 3.39. The smallest absolute Gasteiger partial charge is 0.433 e. The number of methoxy groups -OCH3 is 1. The summed E-state index contributed by atoms with van der Waals surface area (Å²) in [5.41, 5.74) is 0.286. The van der Waals surface area contributed by atoms with Crippen molar-refractivity contribution in [3.05, 3.63) is 53.7 Å². The molecule has 1 aliphatic heterocycles. The van der Waals surface area contributed by atoms with Gasteiger partial charge in [0.15, 0.2) is 0 Å². The molecule has 33 heavy (non-hydrogen) atoms. The second kappa shape index (κ2) is 9.18. The van der Waals surface area contributed by atoms with E-state index in [0.717, 1.165) is 50.0 Å². The van der Waals surface area contributed by atoms with Crippen molar-refractivity contribution in [1.29, 1.82) is 0 Å². The summed E-state index contributed by atoms with van der Waals surface area (Å²) >= 11 is 0. The van der Waals surface area contributed by atoms with Crippen LogP contribution < -0.4 is 10.1 Å². The first kappa shape index (κ1) is 22.7. The lowest BCUT2D eigenvalue weighted by atomic mass is 9.94. The molecule has 0 spiro atoms. The largest absolute Gasteiger partial charge is 0.494 e. The lowest BCUT2D eigenvalue weighted by Gasteiger charge is -2.29. The van der Waals surface area contributed by atoms with Gasteiger partial charge in [0.05, 0.1) is 19.3 Å². The molecule has 3 aromatic rings. The summed E-state index contributed by atoms with van der Waals surface area (Å²) < 4.78 is 45.9. The second-order valence-corrected chi connectivity index (χ2v) is 7.79. The van der Waals surface area contributed by atoms with E-state index in [0.29, 0.717) is 17.9 Å². The third kappa shape index (κ3) is 4.98. The van der Waals surface area contributed by atoms with Crippen LogP contribution in [0.3, 0.4) is 0 Å². The van der Waals surface area contributed by atoms with Gasteiger partial charge in [-0.1, -0.05) is 6.07 Å². The van der Waals surface area contributed by atoms with Gasteiger partial charge < -0.3 is 19.2 Å². The van der Waals surface area contributed by atoms with Crippen LogP contribution in [0.4, 0.5) is 18.9 Å². The average Bonchev–Trinajstić information content (AvgIpc) is 3.21. The molecule has 4 rings (SSSR count). The number of aromatic nitrogens is 3. The summed E-state index contributed by atoms with van der Waals surface area (Å²) in [6, 6.07) is 4.80. The number of hydrogen-bond donors (Lipinski definition) is 1. The summed E-state index contributed by atoms with van der Waals surface area (Å²) in [5.74, 6) is -0.228. The van der Waals surface area contributed by atoms with Crippen molar-refractivity contribution in [2.75, 3.05) is 32.1 Å². The van der Waals surface area contributed by atoms with E-state index in [1.165, 1.54) is 13.2 Å². The Bertz CT molecular complexity index is 1170. The van der Waals surface area contributed by atoms with E-state index in [2.05, 4.69) is 20.2 Å². The lowest BCUT2D eigenvalue weighted by Crippen LogP contribution is -2.34. The maximum Gasteiger partial charge on any atom is 0.433 e. The fraction of sp³-hybridized carbons (Fsp3) is 0.364. The Morgan fingerprint density at radius 1 is 1.24 bits per heavy atom. The molecule has 0 atom stereocenters. The van der Waals surface area contributed by atoms with Gasteiger partial charge in [-0.05, 0) is 38.1 Å². The van der Waals surface area contributed by atoms with Gasteiger partial charge >= 0.3 is 6.18 Å². The number of fused-ring (bicyclic) bond motifs is 1. The maximum atomic E-state index is 12.9. The second-order valence-electron chi connectivity index (χ2n) is 7.79. The number of hydrogen-bond acceptors (Lipinski definition) is 6. The van der Waals surface area contributed by atoms with E-state index >= 15 is 0 Å². The van der Waals surface area contributed by atoms with E-state index in [1.807, 2.05) is 6.20 Å². The van der Waals surface area contributed by atoms with Crippen LogP contribution in [0, 0.1) is 0 Å². The normalized spacial score (nSPS) is 15.5. The summed E-state index contributed by atoms with van der Waals surface area (Å²) in [4.78, 5) is 33.5. The molecule has 1 fully saturated rings. The predicted molar refractivity (Wildman–Crippen MR) is 113 cm³/mol. The third-order valence-corrected chi connectivity index (χ3v) is 5.65. The van der Waals surface area contributed by atoms with Gasteiger partial charge in [-0.3, -0.25) is 9.69 Å². The fourth-order valence-electron chi connectivity index (χ4n) is 3.92. The molecule has 4 heterocycles. The van der Waals surface area contributed by atoms with Crippen molar-refractivity contribution >= 4 is 23.5 Å². The number of carbonyl (C=O) groups excluding carboxylic acids is 2. The van der Waals surface area contributed by atoms with Crippen LogP contribution in [-0.2, 0) is 11.0 Å². The van der Waals surface area contributed by atoms with Crippen molar-refractivity contribution in [3.8, 4) is 5.75 Å². The monoisotopic (exact) mass is 461 g/mol. The van der Waals surface area contributed by atoms with Crippen LogP contribution in [0.25, 0.3) is 5.65 Å². The topological polar surface area (TPSA) is 88.8 Å². The first-order valence-electron chi connectivity index (χ1n) is 10.4. The Hall–Kier alpha value is -3.47. The number of alkyl halides is 3. The first-order valence-corrected chi connectivity index (χ1v) is 10.4. The van der Waals surface area contributed by atoms with E-state index in [9.17, 15) is 22.8 Å². The number of amides is 1. The van der Waals surface area contributed by atoms with Crippen LogP contribution in [0.5, 0.6) is 5.75 Å². The molecule has 1 aliphatic rings. The Labute approximate surface area is 187 Å². The fourth-order valence-corrected chi connectivity index (χ4v) is 3.92. The molecule has 0 saturated carbocycles. The Kier molecular flexibility index (Phi) is 6.32. The third-order valence-electron chi connectivity index (χ3n) is 5.65. The number of halogens is 3. The van der Waals surface area contributed by atoms with Crippen LogP contribution in [-0.4, -0.2) is 58.2 Å². The zero-order valence-corrected chi connectivity index (χ0v) is 17.8. The molecule has 1 saturated heterocycles. The zero-order valence-electron chi connectivity index (χ0n) is 17.8. The number of nitrogens with one attached hydrogen (secondary N) is 1. The number of nitrogens with zero attached hydrogens (tertiary/aromatic N) is 4. The summed E-state index contributed by atoms with van der Waals surface area (Å²) in [6.07, 6.45) is 1.48. The highest BCUT2D eigenvalue weighted by Crippen LogP contribution is 2.31. The van der Waals surface area contributed by atoms with Gasteiger partial charge in [0.25, 0.3) is 5.91 Å². The number of rotatable bonds is 6. The number of ether oxygens (including phenoxy) is 1. The van der Waals surface area contributed by atoms with Gasteiger partial charge in [-0.25, -0.2) is 9.97 Å². The van der Waals surface area contributed by atoms with Gasteiger partial charge in [-0.15, -0.1) is 0 Å². The lowest BCUT2D eigenvalue weighted by molar-refractivity contribution is -0.141. The van der Waals surface area contributed by atoms with Crippen molar-refractivity contribution in [3.63, 3.8) is 0 Å². The van der Waals surface area contributed by atoms with E-state index in [-0.39, 0.29) is 17.3 Å². The minimum atomic E-state index is -4.65. The van der Waals surface area contributed by atoms with Crippen LogP contribution in [0.2, 0.25) is 0 Å². The van der Waals surface area contributed by atoms with Gasteiger partial charge in [0, 0.05) is 24.4 Å². The van der Waals surface area contributed by atoms with Crippen molar-refractivity contribution in [2.45, 2.75) is 24.9 Å². The molecule has 1 N–H and O–H groups in total. The highest BCUT2D eigenvalue weighted by Gasteiger charge is 2.33. The molecule has 11 heteroatoms. The molecule has 0 bridgehead atoms. The summed E-state index contributed by atoms with van der Waals surface area (Å²) in [6.45, 7) is 2.05. The van der Waals surface area contributed by atoms with Crippen molar-refractivity contribution in [1.82, 2.24) is 19.3 Å². The quantitative estimate of drug-likeness (QED) is 0.566. The molecule has 174 valence electrons. The Morgan fingerprint density at radius 3 is 2.67 bits per heavy atom. The minimum Gasteiger partial charge on any atom is -0.494 e. The van der Waals surface area contributed by atoms with Crippen LogP contribution in [0.15, 0.2) is 36.7 Å². The molecule has 3 aromatic heterocycles. The first-order chi connectivity index (χ1) is 15.8. The molecular weight excluding hydrogens is 439 g/mol. The Balaban J connectivity index is 1.56. The number of aldehydes is 1. The van der Waals surface area contributed by atoms with Crippen molar-refractivity contribution in [2.24, 2.45) is 0 Å². The molecule has 0 aromatic carbocycles. The molecule has 0 aliphatic carbocycles. The van der Waals surface area contributed by atoms with E-state index in [4.69, 9.17) is 4.74 Å². The number of likely N-dealkylation sites (tertiary alicyclic amines) is 1. The van der Waals surface area contributed by atoms with Gasteiger partial charge in [-0.2, -0.15) is 13.2 Å².